The van der Waals surface area contributed by atoms with E-state index in [0.29, 0.717) is 12.8 Å². The molecule has 1 aliphatic heterocycles. The lowest BCUT2D eigenvalue weighted by Gasteiger charge is -2.38. The zero-order valence-corrected chi connectivity index (χ0v) is 19.5. The molecule has 2 aromatic carbocycles. The second kappa shape index (κ2) is 10.6. The van der Waals surface area contributed by atoms with Crippen LogP contribution in [-0.2, 0) is 19.1 Å². The first-order valence-electron chi connectivity index (χ1n) is 11.8. The number of hydrogen-bond donors (Lipinski definition) is 3. The van der Waals surface area contributed by atoms with Crippen LogP contribution in [0.5, 0.6) is 0 Å². The monoisotopic (exact) mass is 479 g/mol. The first kappa shape index (κ1) is 24.3. The van der Waals surface area contributed by atoms with Crippen molar-refractivity contribution in [2.24, 2.45) is 0 Å². The molecule has 2 atom stereocenters. The lowest BCUT2D eigenvalue weighted by atomic mass is 9.98. The summed E-state index contributed by atoms with van der Waals surface area (Å²) in [6, 6.07) is 14.3. The van der Waals surface area contributed by atoms with Gasteiger partial charge in [-0.2, -0.15) is 0 Å². The average Bonchev–Trinajstić information content (AvgIpc) is 3.17. The van der Waals surface area contributed by atoms with Crippen molar-refractivity contribution in [2.75, 3.05) is 19.7 Å². The van der Waals surface area contributed by atoms with Crippen LogP contribution in [0.25, 0.3) is 11.1 Å². The Kier molecular flexibility index (Phi) is 7.33. The SMILES string of the molecule is CCC[C@@H]1NC(=O)[C@H](CNC(=O)OCC2c3ccccc3-c3ccccc32)N(CCC(=O)O)C1=O. The maximum absolute atomic E-state index is 12.8. The fourth-order valence-corrected chi connectivity index (χ4v) is 4.82. The van der Waals surface area contributed by atoms with Gasteiger partial charge in [0.25, 0.3) is 0 Å². The first-order valence-corrected chi connectivity index (χ1v) is 11.8. The van der Waals surface area contributed by atoms with Crippen molar-refractivity contribution in [1.29, 1.82) is 0 Å². The van der Waals surface area contributed by atoms with Gasteiger partial charge in [0.2, 0.25) is 11.8 Å². The van der Waals surface area contributed by atoms with Gasteiger partial charge in [-0.1, -0.05) is 61.9 Å². The van der Waals surface area contributed by atoms with E-state index in [1.807, 2.05) is 55.5 Å². The van der Waals surface area contributed by atoms with Crippen molar-refractivity contribution >= 4 is 23.9 Å². The molecule has 9 heteroatoms. The maximum atomic E-state index is 12.8. The van der Waals surface area contributed by atoms with E-state index >= 15 is 0 Å². The van der Waals surface area contributed by atoms with Crippen LogP contribution in [0.15, 0.2) is 48.5 Å². The number of hydrogen-bond acceptors (Lipinski definition) is 5. The van der Waals surface area contributed by atoms with Crippen LogP contribution in [0, 0.1) is 0 Å². The van der Waals surface area contributed by atoms with Gasteiger partial charge in [-0.15, -0.1) is 0 Å². The minimum atomic E-state index is -1.07. The van der Waals surface area contributed by atoms with Gasteiger partial charge in [-0.25, -0.2) is 4.79 Å². The summed E-state index contributed by atoms with van der Waals surface area (Å²) in [5, 5.41) is 14.3. The molecule has 0 aromatic heterocycles. The summed E-state index contributed by atoms with van der Waals surface area (Å²) < 4.78 is 5.51. The summed E-state index contributed by atoms with van der Waals surface area (Å²) in [6.07, 6.45) is 0.146. The molecule has 1 aliphatic carbocycles. The number of alkyl carbamates (subject to hydrolysis) is 1. The van der Waals surface area contributed by atoms with E-state index in [4.69, 9.17) is 9.84 Å². The number of carbonyl (C=O) groups excluding carboxylic acids is 3. The summed E-state index contributed by atoms with van der Waals surface area (Å²) >= 11 is 0. The Morgan fingerprint density at radius 2 is 1.69 bits per heavy atom. The quantitative estimate of drug-likeness (QED) is 0.508. The van der Waals surface area contributed by atoms with Crippen LogP contribution in [-0.4, -0.2) is 65.7 Å². The molecular weight excluding hydrogens is 450 g/mol. The molecule has 184 valence electrons. The number of nitrogens with zero attached hydrogens (tertiary/aromatic N) is 1. The Morgan fingerprint density at radius 1 is 1.06 bits per heavy atom. The largest absolute Gasteiger partial charge is 0.481 e. The minimum Gasteiger partial charge on any atom is -0.481 e. The molecule has 0 unspecified atom stereocenters. The zero-order valence-electron chi connectivity index (χ0n) is 19.5. The molecule has 1 heterocycles. The van der Waals surface area contributed by atoms with Crippen LogP contribution in [0.1, 0.15) is 43.2 Å². The number of aliphatic carboxylic acids is 1. The van der Waals surface area contributed by atoms with Gasteiger partial charge in [-0.05, 0) is 28.7 Å². The molecule has 2 aromatic rings. The number of ether oxygens (including phenoxy) is 1. The Bertz CT molecular complexity index is 1090. The molecule has 0 bridgehead atoms. The van der Waals surface area contributed by atoms with Gasteiger partial charge in [0, 0.05) is 12.5 Å². The number of fused-ring (bicyclic) bond motifs is 3. The summed E-state index contributed by atoms with van der Waals surface area (Å²) in [7, 11) is 0. The maximum Gasteiger partial charge on any atom is 0.407 e. The molecule has 0 spiro atoms. The fourth-order valence-electron chi connectivity index (χ4n) is 4.82. The molecule has 2 aliphatic rings. The number of piperazine rings is 1. The van der Waals surface area contributed by atoms with Crippen LogP contribution in [0.2, 0.25) is 0 Å². The third kappa shape index (κ3) is 5.13. The van der Waals surface area contributed by atoms with Crippen molar-refractivity contribution in [1.82, 2.24) is 15.5 Å². The fraction of sp³-hybridized carbons (Fsp3) is 0.385. The Labute approximate surface area is 203 Å². The van der Waals surface area contributed by atoms with Crippen LogP contribution < -0.4 is 10.6 Å². The van der Waals surface area contributed by atoms with Crippen LogP contribution >= 0.6 is 0 Å². The van der Waals surface area contributed by atoms with Crippen molar-refractivity contribution in [3.8, 4) is 11.1 Å². The highest BCUT2D eigenvalue weighted by Gasteiger charge is 2.40. The molecule has 1 fully saturated rings. The second-order valence-electron chi connectivity index (χ2n) is 8.75. The van der Waals surface area contributed by atoms with Crippen molar-refractivity contribution in [2.45, 2.75) is 44.2 Å². The zero-order chi connectivity index (χ0) is 24.9. The molecule has 9 nitrogen and oxygen atoms in total. The summed E-state index contributed by atoms with van der Waals surface area (Å²) in [5.41, 5.74) is 4.40. The predicted molar refractivity (Wildman–Crippen MR) is 128 cm³/mol. The Balaban J connectivity index is 1.39. The number of carboxylic acids is 1. The normalized spacial score (nSPS) is 19.1. The van der Waals surface area contributed by atoms with Gasteiger partial charge in [0.15, 0.2) is 0 Å². The number of benzene rings is 2. The van der Waals surface area contributed by atoms with Gasteiger partial charge in [0.1, 0.15) is 18.7 Å². The van der Waals surface area contributed by atoms with E-state index in [1.165, 1.54) is 4.90 Å². The molecule has 35 heavy (non-hydrogen) atoms. The lowest BCUT2D eigenvalue weighted by molar-refractivity contribution is -0.150. The minimum absolute atomic E-state index is 0.102. The van der Waals surface area contributed by atoms with Gasteiger partial charge >= 0.3 is 12.1 Å². The standard InChI is InChI=1S/C26H29N3O6/c1-2-7-21-25(33)29(13-12-23(30)31)22(24(32)28-21)14-27-26(34)35-15-20-18-10-5-3-8-16(18)17-9-4-6-11-19(17)20/h3-6,8-11,20-22H,2,7,12-15H2,1H3,(H,27,34)(H,28,32)(H,30,31)/t21-,22-/m0/s1. The number of amides is 3. The van der Waals surface area contributed by atoms with E-state index in [-0.39, 0.29) is 37.9 Å². The van der Waals surface area contributed by atoms with Crippen molar-refractivity contribution in [3.05, 3.63) is 59.7 Å². The summed E-state index contributed by atoms with van der Waals surface area (Å²) in [6.45, 7) is 1.73. The number of rotatable bonds is 9. The molecule has 4 rings (SSSR count). The number of carbonyl (C=O) groups is 4. The van der Waals surface area contributed by atoms with E-state index in [0.717, 1.165) is 22.3 Å². The molecule has 3 N–H and O–H groups in total. The average molecular weight is 480 g/mol. The molecule has 1 saturated heterocycles. The highest BCUT2D eigenvalue weighted by molar-refractivity contribution is 5.97. The van der Waals surface area contributed by atoms with Gasteiger partial charge in [-0.3, -0.25) is 14.4 Å². The summed E-state index contributed by atoms with van der Waals surface area (Å²) in [4.78, 5) is 50.4. The van der Waals surface area contributed by atoms with Gasteiger partial charge in [0.05, 0.1) is 13.0 Å². The van der Waals surface area contributed by atoms with Crippen molar-refractivity contribution in [3.63, 3.8) is 0 Å². The lowest BCUT2D eigenvalue weighted by Crippen LogP contribution is -2.66. The first-order chi connectivity index (χ1) is 16.9. The highest BCUT2D eigenvalue weighted by Crippen LogP contribution is 2.44. The highest BCUT2D eigenvalue weighted by atomic mass is 16.5. The smallest absolute Gasteiger partial charge is 0.407 e. The number of nitrogens with one attached hydrogen (secondary N) is 2. The molecule has 0 radical (unpaired) electrons. The molecular formula is C26H29N3O6. The topological polar surface area (TPSA) is 125 Å². The third-order valence-corrected chi connectivity index (χ3v) is 6.50. The molecule has 3 amide bonds. The van der Waals surface area contributed by atoms with Crippen molar-refractivity contribution < 1.29 is 29.0 Å². The predicted octanol–water partition coefficient (Wildman–Crippen LogP) is 2.50. The summed E-state index contributed by atoms with van der Waals surface area (Å²) in [5.74, 6) is -1.94. The van der Waals surface area contributed by atoms with E-state index < -0.39 is 30.1 Å². The second-order valence-corrected chi connectivity index (χ2v) is 8.75. The van der Waals surface area contributed by atoms with Gasteiger partial charge < -0.3 is 25.4 Å². The van der Waals surface area contributed by atoms with Crippen LogP contribution in [0.4, 0.5) is 4.79 Å². The van der Waals surface area contributed by atoms with Crippen LogP contribution in [0.3, 0.4) is 0 Å². The number of carboxylic acid groups (broad SMARTS) is 1. The third-order valence-electron chi connectivity index (χ3n) is 6.50. The van der Waals surface area contributed by atoms with E-state index in [9.17, 15) is 19.2 Å². The van der Waals surface area contributed by atoms with E-state index in [1.54, 1.807) is 0 Å². The molecule has 0 saturated carbocycles. The Morgan fingerprint density at radius 3 is 2.29 bits per heavy atom. The Hall–Kier alpha value is -3.88. The van der Waals surface area contributed by atoms with E-state index in [2.05, 4.69) is 10.6 Å².